The van der Waals surface area contributed by atoms with Crippen molar-refractivity contribution in [2.45, 2.75) is 45.4 Å². The summed E-state index contributed by atoms with van der Waals surface area (Å²) in [4.78, 5) is 2.51. The highest BCUT2D eigenvalue weighted by Gasteiger charge is 2.31. The molecule has 0 bridgehead atoms. The van der Waals surface area contributed by atoms with Crippen LogP contribution in [0, 0.1) is 0 Å². The van der Waals surface area contributed by atoms with Gasteiger partial charge in [-0.05, 0) is 32.9 Å². The Kier molecular flexibility index (Phi) is 3.49. The van der Waals surface area contributed by atoms with Gasteiger partial charge in [0, 0.05) is 25.0 Å². The number of hydrogen-bond donors (Lipinski definition) is 0. The zero-order valence-corrected chi connectivity index (χ0v) is 10.4. The standard InChI is InChI=1S/C14H21NO/c1-11(2)15-10-14(9-12(15)3)16-13-7-5-4-6-8-13/h4-8,11-12,14H,9-10H2,1-3H3. The largest absolute Gasteiger partial charge is 0.489 e. The van der Waals surface area contributed by atoms with Gasteiger partial charge in [0.1, 0.15) is 11.9 Å². The van der Waals surface area contributed by atoms with Gasteiger partial charge in [-0.15, -0.1) is 0 Å². The molecular weight excluding hydrogens is 198 g/mol. The van der Waals surface area contributed by atoms with E-state index in [-0.39, 0.29) is 0 Å². The fourth-order valence-electron chi connectivity index (χ4n) is 2.50. The van der Waals surface area contributed by atoms with Gasteiger partial charge < -0.3 is 4.74 Å². The molecule has 2 unspecified atom stereocenters. The van der Waals surface area contributed by atoms with Crippen molar-refractivity contribution in [3.05, 3.63) is 30.3 Å². The zero-order chi connectivity index (χ0) is 11.5. The summed E-state index contributed by atoms with van der Waals surface area (Å²) in [5, 5.41) is 0. The SMILES string of the molecule is CC(C)N1CC(Oc2ccccc2)CC1C. The lowest BCUT2D eigenvalue weighted by Crippen LogP contribution is -2.34. The van der Waals surface area contributed by atoms with Gasteiger partial charge in [-0.1, -0.05) is 18.2 Å². The van der Waals surface area contributed by atoms with Crippen LogP contribution in [0.2, 0.25) is 0 Å². The molecule has 1 heterocycles. The second kappa shape index (κ2) is 4.88. The highest BCUT2D eigenvalue weighted by molar-refractivity contribution is 5.21. The van der Waals surface area contributed by atoms with Crippen molar-refractivity contribution in [1.29, 1.82) is 0 Å². The smallest absolute Gasteiger partial charge is 0.119 e. The molecule has 1 aliphatic rings. The Morgan fingerprint density at radius 3 is 2.50 bits per heavy atom. The maximum Gasteiger partial charge on any atom is 0.119 e. The number of hydrogen-bond acceptors (Lipinski definition) is 2. The van der Waals surface area contributed by atoms with Crippen molar-refractivity contribution >= 4 is 0 Å². The molecule has 2 atom stereocenters. The number of benzene rings is 1. The molecule has 2 nitrogen and oxygen atoms in total. The lowest BCUT2D eigenvalue weighted by Gasteiger charge is -2.24. The summed E-state index contributed by atoms with van der Waals surface area (Å²) in [5.41, 5.74) is 0. The predicted molar refractivity (Wildman–Crippen MR) is 66.8 cm³/mol. The van der Waals surface area contributed by atoms with Crippen molar-refractivity contribution < 1.29 is 4.74 Å². The molecule has 0 aliphatic carbocycles. The summed E-state index contributed by atoms with van der Waals surface area (Å²) in [6.07, 6.45) is 1.48. The van der Waals surface area contributed by atoms with Crippen molar-refractivity contribution in [3.63, 3.8) is 0 Å². The Balaban J connectivity index is 1.94. The first-order valence-corrected chi connectivity index (χ1v) is 6.14. The van der Waals surface area contributed by atoms with Gasteiger partial charge in [-0.2, -0.15) is 0 Å². The fourth-order valence-corrected chi connectivity index (χ4v) is 2.50. The molecule has 0 N–H and O–H groups in total. The first-order valence-electron chi connectivity index (χ1n) is 6.14. The number of ether oxygens (including phenoxy) is 1. The lowest BCUT2D eigenvalue weighted by molar-refractivity contribution is 0.177. The van der Waals surface area contributed by atoms with Gasteiger partial charge in [-0.25, -0.2) is 0 Å². The summed E-state index contributed by atoms with van der Waals surface area (Å²) < 4.78 is 5.98. The molecule has 16 heavy (non-hydrogen) atoms. The van der Waals surface area contributed by atoms with E-state index in [1.54, 1.807) is 0 Å². The van der Waals surface area contributed by atoms with Crippen molar-refractivity contribution in [2.24, 2.45) is 0 Å². The first kappa shape index (κ1) is 11.5. The summed E-state index contributed by atoms with van der Waals surface area (Å²) in [7, 11) is 0. The third kappa shape index (κ3) is 2.56. The normalized spacial score (nSPS) is 26.2. The fraction of sp³-hybridized carbons (Fsp3) is 0.571. The summed E-state index contributed by atoms with van der Waals surface area (Å²) in [6.45, 7) is 7.84. The highest BCUT2D eigenvalue weighted by Crippen LogP contribution is 2.24. The van der Waals surface area contributed by atoms with E-state index in [1.165, 1.54) is 0 Å². The minimum absolute atomic E-state index is 0.347. The van der Waals surface area contributed by atoms with Gasteiger partial charge in [0.05, 0.1) is 0 Å². The van der Waals surface area contributed by atoms with Crippen molar-refractivity contribution in [1.82, 2.24) is 4.90 Å². The van der Waals surface area contributed by atoms with Crippen LogP contribution in [0.4, 0.5) is 0 Å². The average molecular weight is 219 g/mol. The molecular formula is C14H21NO. The van der Waals surface area contributed by atoms with Crippen LogP contribution in [0.15, 0.2) is 30.3 Å². The Morgan fingerprint density at radius 2 is 1.94 bits per heavy atom. The third-order valence-corrected chi connectivity index (χ3v) is 3.29. The minimum atomic E-state index is 0.347. The summed E-state index contributed by atoms with van der Waals surface area (Å²) in [5.74, 6) is 0.991. The molecule has 1 saturated heterocycles. The van der Waals surface area contributed by atoms with Crippen LogP contribution in [-0.2, 0) is 0 Å². The summed E-state index contributed by atoms with van der Waals surface area (Å²) >= 11 is 0. The molecule has 1 fully saturated rings. The number of para-hydroxylation sites is 1. The molecule has 2 heteroatoms. The van der Waals surface area contributed by atoms with Crippen LogP contribution in [0.3, 0.4) is 0 Å². The van der Waals surface area contributed by atoms with E-state index >= 15 is 0 Å². The second-order valence-corrected chi connectivity index (χ2v) is 4.93. The molecule has 1 aliphatic heterocycles. The van der Waals surface area contributed by atoms with Gasteiger partial charge >= 0.3 is 0 Å². The van der Waals surface area contributed by atoms with Gasteiger partial charge in [0.2, 0.25) is 0 Å². The molecule has 0 aromatic heterocycles. The third-order valence-electron chi connectivity index (χ3n) is 3.29. The molecule has 0 radical (unpaired) electrons. The maximum absolute atomic E-state index is 5.98. The summed E-state index contributed by atoms with van der Waals surface area (Å²) in [6, 6.07) is 11.4. The molecule has 1 aromatic rings. The molecule has 0 amide bonds. The lowest BCUT2D eigenvalue weighted by atomic mass is 10.2. The van der Waals surface area contributed by atoms with E-state index in [1.807, 2.05) is 30.3 Å². The number of likely N-dealkylation sites (tertiary alicyclic amines) is 1. The van der Waals surface area contributed by atoms with Gasteiger partial charge in [0.15, 0.2) is 0 Å². The Bertz CT molecular complexity index is 323. The highest BCUT2D eigenvalue weighted by atomic mass is 16.5. The molecule has 0 spiro atoms. The van der Waals surface area contributed by atoms with Crippen molar-refractivity contribution in [3.8, 4) is 5.75 Å². The topological polar surface area (TPSA) is 12.5 Å². The quantitative estimate of drug-likeness (QED) is 0.775. The van der Waals surface area contributed by atoms with Crippen LogP contribution >= 0.6 is 0 Å². The van der Waals surface area contributed by atoms with Crippen LogP contribution in [0.25, 0.3) is 0 Å². The van der Waals surface area contributed by atoms with E-state index in [0.29, 0.717) is 18.2 Å². The minimum Gasteiger partial charge on any atom is -0.489 e. The monoisotopic (exact) mass is 219 g/mol. The van der Waals surface area contributed by atoms with Crippen LogP contribution in [0.5, 0.6) is 5.75 Å². The van der Waals surface area contributed by atoms with E-state index in [0.717, 1.165) is 18.7 Å². The molecule has 0 saturated carbocycles. The van der Waals surface area contributed by atoms with E-state index in [2.05, 4.69) is 25.7 Å². The first-order chi connectivity index (χ1) is 7.66. The number of rotatable bonds is 3. The molecule has 2 rings (SSSR count). The number of nitrogens with zero attached hydrogens (tertiary/aromatic N) is 1. The van der Waals surface area contributed by atoms with Crippen LogP contribution in [-0.4, -0.2) is 29.6 Å². The van der Waals surface area contributed by atoms with E-state index in [4.69, 9.17) is 4.74 Å². The van der Waals surface area contributed by atoms with Crippen LogP contribution in [0.1, 0.15) is 27.2 Å². The average Bonchev–Trinajstić information content (AvgIpc) is 2.61. The van der Waals surface area contributed by atoms with Crippen LogP contribution < -0.4 is 4.74 Å². The second-order valence-electron chi connectivity index (χ2n) is 4.93. The van der Waals surface area contributed by atoms with Gasteiger partial charge in [-0.3, -0.25) is 4.90 Å². The predicted octanol–water partition coefficient (Wildman–Crippen LogP) is 2.94. The van der Waals surface area contributed by atoms with E-state index < -0.39 is 0 Å². The molecule has 88 valence electrons. The van der Waals surface area contributed by atoms with E-state index in [9.17, 15) is 0 Å². The maximum atomic E-state index is 5.98. The zero-order valence-electron chi connectivity index (χ0n) is 10.4. The Labute approximate surface area is 98.2 Å². The van der Waals surface area contributed by atoms with Crippen molar-refractivity contribution in [2.75, 3.05) is 6.54 Å². The molecule has 1 aromatic carbocycles. The van der Waals surface area contributed by atoms with Gasteiger partial charge in [0.25, 0.3) is 0 Å². The Hall–Kier alpha value is -1.02. The Morgan fingerprint density at radius 1 is 1.25 bits per heavy atom.